The van der Waals surface area contributed by atoms with Gasteiger partial charge >= 0.3 is 0 Å². The molecule has 1 heterocycles. The Balaban J connectivity index is 2.12. The van der Waals surface area contributed by atoms with Gasteiger partial charge in [-0.05, 0) is 34.5 Å². The van der Waals surface area contributed by atoms with E-state index < -0.39 is 0 Å². The molecule has 2 unspecified atom stereocenters. The zero-order valence-corrected chi connectivity index (χ0v) is 12.5. The van der Waals surface area contributed by atoms with E-state index in [9.17, 15) is 4.39 Å². The maximum Gasteiger partial charge on any atom is 0.137 e. The van der Waals surface area contributed by atoms with Gasteiger partial charge in [-0.2, -0.15) is 11.8 Å². The van der Waals surface area contributed by atoms with Gasteiger partial charge in [-0.3, -0.25) is 4.90 Å². The molecular weight excluding hydrogens is 301 g/mol. The fourth-order valence-corrected chi connectivity index (χ4v) is 3.66. The maximum atomic E-state index is 13.4. The van der Waals surface area contributed by atoms with Crippen LogP contribution in [0.1, 0.15) is 19.4 Å². The van der Waals surface area contributed by atoms with Crippen molar-refractivity contribution in [2.75, 3.05) is 12.3 Å². The van der Waals surface area contributed by atoms with Crippen molar-refractivity contribution in [3.63, 3.8) is 0 Å². The number of nitrogens with zero attached hydrogens (tertiary/aromatic N) is 1. The first-order chi connectivity index (χ1) is 8.09. The van der Waals surface area contributed by atoms with Crippen molar-refractivity contribution >= 4 is 27.7 Å². The third-order valence-corrected chi connectivity index (χ3v) is 5.65. The second kappa shape index (κ2) is 5.72. The van der Waals surface area contributed by atoms with Gasteiger partial charge in [-0.15, -0.1) is 0 Å². The zero-order chi connectivity index (χ0) is 12.4. The summed E-state index contributed by atoms with van der Waals surface area (Å²) in [5.74, 6) is 0.993. The summed E-state index contributed by atoms with van der Waals surface area (Å²) < 4.78 is 14.0. The maximum absolute atomic E-state index is 13.4. The first-order valence-corrected chi connectivity index (χ1v) is 7.72. The number of rotatable bonds is 2. The van der Waals surface area contributed by atoms with E-state index in [1.54, 1.807) is 6.07 Å². The molecule has 17 heavy (non-hydrogen) atoms. The Labute approximate surface area is 115 Å². The highest BCUT2D eigenvalue weighted by Crippen LogP contribution is 2.28. The van der Waals surface area contributed by atoms with Crippen LogP contribution in [0.2, 0.25) is 0 Å². The molecule has 0 radical (unpaired) electrons. The van der Waals surface area contributed by atoms with Crippen molar-refractivity contribution in [1.29, 1.82) is 0 Å². The average Bonchev–Trinajstić information content (AvgIpc) is 2.31. The molecule has 1 aromatic carbocycles. The van der Waals surface area contributed by atoms with Gasteiger partial charge in [0.25, 0.3) is 0 Å². The molecule has 94 valence electrons. The van der Waals surface area contributed by atoms with Crippen molar-refractivity contribution < 1.29 is 4.39 Å². The van der Waals surface area contributed by atoms with Gasteiger partial charge in [0.05, 0.1) is 4.47 Å². The summed E-state index contributed by atoms with van der Waals surface area (Å²) in [4.78, 5) is 2.43. The molecule has 1 aromatic rings. The molecule has 1 fully saturated rings. The predicted octanol–water partition coefficient (Wildman–Crippen LogP) is 3.91. The first kappa shape index (κ1) is 13.4. The van der Waals surface area contributed by atoms with Gasteiger partial charge in [0.2, 0.25) is 0 Å². The standard InChI is InChI=1S/C13H17BrFNS/c1-9-10(2)17-7-6-16(9)8-11-4-3-5-12(15)13(11)14/h3-5,9-10H,6-8H2,1-2H3. The van der Waals surface area contributed by atoms with E-state index in [0.717, 1.165) is 18.7 Å². The van der Waals surface area contributed by atoms with E-state index in [4.69, 9.17) is 0 Å². The van der Waals surface area contributed by atoms with Crippen LogP contribution < -0.4 is 0 Å². The lowest BCUT2D eigenvalue weighted by Crippen LogP contribution is -2.44. The summed E-state index contributed by atoms with van der Waals surface area (Å²) in [7, 11) is 0. The smallest absolute Gasteiger partial charge is 0.137 e. The highest BCUT2D eigenvalue weighted by molar-refractivity contribution is 9.10. The van der Waals surface area contributed by atoms with Crippen LogP contribution >= 0.6 is 27.7 Å². The van der Waals surface area contributed by atoms with E-state index in [1.807, 2.05) is 17.8 Å². The van der Waals surface area contributed by atoms with Gasteiger partial charge in [0.1, 0.15) is 5.82 Å². The average molecular weight is 318 g/mol. The molecule has 0 amide bonds. The number of hydrogen-bond acceptors (Lipinski definition) is 2. The normalized spacial score (nSPS) is 26.1. The molecule has 0 N–H and O–H groups in total. The van der Waals surface area contributed by atoms with Crippen LogP contribution in [0, 0.1) is 5.82 Å². The van der Waals surface area contributed by atoms with Crippen LogP contribution in [0.25, 0.3) is 0 Å². The van der Waals surface area contributed by atoms with Gasteiger partial charge in [0, 0.05) is 30.1 Å². The SMILES string of the molecule is CC1SCCN(Cc2cccc(F)c2Br)C1C. The fourth-order valence-electron chi connectivity index (χ4n) is 2.11. The summed E-state index contributed by atoms with van der Waals surface area (Å²) in [5, 5.41) is 0.649. The van der Waals surface area contributed by atoms with E-state index in [1.165, 1.54) is 11.8 Å². The number of benzene rings is 1. The van der Waals surface area contributed by atoms with E-state index in [-0.39, 0.29) is 5.82 Å². The van der Waals surface area contributed by atoms with Crippen molar-refractivity contribution in [1.82, 2.24) is 4.90 Å². The minimum atomic E-state index is -0.172. The van der Waals surface area contributed by atoms with E-state index in [2.05, 4.69) is 34.7 Å². The quantitative estimate of drug-likeness (QED) is 0.813. The van der Waals surface area contributed by atoms with E-state index in [0.29, 0.717) is 15.8 Å². The van der Waals surface area contributed by atoms with Crippen molar-refractivity contribution in [2.45, 2.75) is 31.7 Å². The van der Waals surface area contributed by atoms with Gasteiger partial charge in [-0.1, -0.05) is 19.1 Å². The molecule has 0 bridgehead atoms. The highest BCUT2D eigenvalue weighted by atomic mass is 79.9. The highest BCUT2D eigenvalue weighted by Gasteiger charge is 2.25. The van der Waals surface area contributed by atoms with Crippen LogP contribution in [0.5, 0.6) is 0 Å². The Bertz CT molecular complexity index is 399. The molecule has 1 aliphatic rings. The monoisotopic (exact) mass is 317 g/mol. The summed E-state index contributed by atoms with van der Waals surface area (Å²) in [6.45, 7) is 6.43. The lowest BCUT2D eigenvalue weighted by atomic mass is 10.1. The molecule has 2 rings (SSSR count). The van der Waals surface area contributed by atoms with Gasteiger partial charge < -0.3 is 0 Å². The Morgan fingerprint density at radius 1 is 1.47 bits per heavy atom. The molecule has 1 saturated heterocycles. The van der Waals surface area contributed by atoms with Crippen molar-refractivity contribution in [3.8, 4) is 0 Å². The largest absolute Gasteiger partial charge is 0.294 e. The number of halogens is 2. The molecule has 2 atom stereocenters. The zero-order valence-electron chi connectivity index (χ0n) is 10.1. The summed E-state index contributed by atoms with van der Waals surface area (Å²) in [5.41, 5.74) is 1.04. The molecule has 1 nitrogen and oxygen atoms in total. The lowest BCUT2D eigenvalue weighted by molar-refractivity contribution is 0.204. The summed E-state index contributed by atoms with van der Waals surface area (Å²) in [6.07, 6.45) is 0. The first-order valence-electron chi connectivity index (χ1n) is 5.88. The van der Waals surface area contributed by atoms with E-state index >= 15 is 0 Å². The molecule has 0 aromatic heterocycles. The summed E-state index contributed by atoms with van der Waals surface area (Å²) >= 11 is 5.36. The minimum Gasteiger partial charge on any atom is -0.294 e. The fraction of sp³-hybridized carbons (Fsp3) is 0.538. The Morgan fingerprint density at radius 3 is 3.00 bits per heavy atom. The van der Waals surface area contributed by atoms with Crippen LogP contribution in [0.4, 0.5) is 4.39 Å². The van der Waals surface area contributed by atoms with Gasteiger partial charge in [0.15, 0.2) is 0 Å². The van der Waals surface area contributed by atoms with Gasteiger partial charge in [-0.25, -0.2) is 4.39 Å². The summed E-state index contributed by atoms with van der Waals surface area (Å²) in [6, 6.07) is 5.81. The Morgan fingerprint density at radius 2 is 2.24 bits per heavy atom. The third kappa shape index (κ3) is 3.04. The minimum absolute atomic E-state index is 0.172. The molecule has 0 spiro atoms. The second-order valence-electron chi connectivity index (χ2n) is 4.50. The third-order valence-electron chi connectivity index (χ3n) is 3.42. The molecule has 0 aliphatic carbocycles. The Kier molecular flexibility index (Phi) is 4.50. The second-order valence-corrected chi connectivity index (χ2v) is 6.78. The molecule has 1 aliphatic heterocycles. The van der Waals surface area contributed by atoms with Crippen LogP contribution in [-0.4, -0.2) is 28.5 Å². The predicted molar refractivity (Wildman–Crippen MR) is 75.9 cm³/mol. The topological polar surface area (TPSA) is 3.24 Å². The van der Waals surface area contributed by atoms with Crippen LogP contribution in [0.15, 0.2) is 22.7 Å². The van der Waals surface area contributed by atoms with Crippen LogP contribution in [-0.2, 0) is 6.54 Å². The molecular formula is C13H17BrFNS. The molecule has 0 saturated carbocycles. The van der Waals surface area contributed by atoms with Crippen molar-refractivity contribution in [2.24, 2.45) is 0 Å². The Hall–Kier alpha value is -0.0600. The number of thioether (sulfide) groups is 1. The van der Waals surface area contributed by atoms with Crippen LogP contribution in [0.3, 0.4) is 0 Å². The number of hydrogen-bond donors (Lipinski definition) is 0. The van der Waals surface area contributed by atoms with Crippen molar-refractivity contribution in [3.05, 3.63) is 34.1 Å². The lowest BCUT2D eigenvalue weighted by Gasteiger charge is -2.37. The molecule has 4 heteroatoms.